The Balaban J connectivity index is 1.33. The van der Waals surface area contributed by atoms with Crippen molar-refractivity contribution in [3.8, 4) is 0 Å². The first kappa shape index (κ1) is 36.5. The molecule has 3 aliphatic carbocycles. The molecule has 2 heterocycles. The lowest BCUT2D eigenvalue weighted by Crippen LogP contribution is -2.62. The third kappa shape index (κ3) is 9.07. The fourth-order valence-corrected chi connectivity index (χ4v) is 7.91. The summed E-state index contributed by atoms with van der Waals surface area (Å²) in [5.41, 5.74) is -0.737. The Hall–Kier alpha value is -3.78. The molecule has 4 N–H and O–H groups in total. The van der Waals surface area contributed by atoms with Crippen LogP contribution in [0.15, 0.2) is 20.7 Å². The molecule has 6 atom stereocenters. The molecule has 1 saturated heterocycles. The minimum Gasteiger partial charge on any atom is -0.347 e. The van der Waals surface area contributed by atoms with Crippen LogP contribution in [0.3, 0.4) is 0 Å². The van der Waals surface area contributed by atoms with Gasteiger partial charge < -0.3 is 26.2 Å². The van der Waals surface area contributed by atoms with Gasteiger partial charge in [-0.15, -0.1) is 10.2 Å². The van der Waals surface area contributed by atoms with Crippen LogP contribution in [-0.4, -0.2) is 83.1 Å². The van der Waals surface area contributed by atoms with E-state index in [9.17, 15) is 28.8 Å². The smallest absolute Gasteiger partial charge is 0.289 e. The standard InChI is InChI=1S/C34H53N9O6/c1-5-10-23(28(45)32(48)35-21-15-16-21)36-31(47)27-22-14-9-13-20(22)18-43(27)33(49)29(34(2,3)4)38-30(46)26(19-11-7-6-8-12-19)37-25(44)17-24-39-41-42-40-24/h19-24,26-27,29H,5-18H2,1-4H3,(H,35,48)(H,36,47)(H,37,44)(H,38,46)/t20-,22-,23?,26-,27-,29+/m0/s1. The van der Waals surface area contributed by atoms with Crippen LogP contribution >= 0.6 is 0 Å². The van der Waals surface area contributed by atoms with Crippen LogP contribution in [0, 0.1) is 23.2 Å². The summed E-state index contributed by atoms with van der Waals surface area (Å²) >= 11 is 0. The summed E-state index contributed by atoms with van der Waals surface area (Å²) in [4.78, 5) is 83.1. The molecule has 1 unspecified atom stereocenters. The molecule has 2 aliphatic heterocycles. The van der Waals surface area contributed by atoms with Crippen LogP contribution < -0.4 is 21.3 Å². The molecule has 0 radical (unpaired) electrons. The second kappa shape index (κ2) is 15.8. The van der Waals surface area contributed by atoms with Gasteiger partial charge in [-0.25, -0.2) is 0 Å². The number of ketones is 1. The van der Waals surface area contributed by atoms with E-state index < -0.39 is 65.2 Å². The Morgan fingerprint density at radius 3 is 2.16 bits per heavy atom. The predicted octanol–water partition coefficient (Wildman–Crippen LogP) is 2.89. The first-order chi connectivity index (χ1) is 23.4. The fraction of sp³-hybridized carbons (Fsp3) is 0.824. The van der Waals surface area contributed by atoms with Crippen LogP contribution in [0.4, 0.5) is 0 Å². The second-order valence-corrected chi connectivity index (χ2v) is 15.6. The van der Waals surface area contributed by atoms with E-state index in [2.05, 4.69) is 41.9 Å². The first-order valence-electron chi connectivity index (χ1n) is 18.2. The van der Waals surface area contributed by atoms with Crippen LogP contribution in [0.2, 0.25) is 0 Å². The van der Waals surface area contributed by atoms with E-state index in [0.29, 0.717) is 19.4 Å². The fourth-order valence-electron chi connectivity index (χ4n) is 7.91. The number of likely N-dealkylation sites (tertiary alicyclic amines) is 1. The van der Waals surface area contributed by atoms with Gasteiger partial charge in [-0.2, -0.15) is 0 Å². The van der Waals surface area contributed by atoms with Gasteiger partial charge in [0.15, 0.2) is 6.17 Å². The van der Waals surface area contributed by atoms with E-state index in [1.54, 1.807) is 4.90 Å². The number of hydrogen-bond donors (Lipinski definition) is 4. The summed E-state index contributed by atoms with van der Waals surface area (Å²) in [7, 11) is 0. The van der Waals surface area contributed by atoms with Crippen molar-refractivity contribution in [1.82, 2.24) is 26.2 Å². The molecule has 0 bridgehead atoms. The molecular weight excluding hydrogens is 630 g/mol. The predicted molar refractivity (Wildman–Crippen MR) is 177 cm³/mol. The molecule has 0 aromatic carbocycles. The van der Waals surface area contributed by atoms with Gasteiger partial charge in [0.05, 0.1) is 12.5 Å². The van der Waals surface area contributed by atoms with E-state index >= 15 is 0 Å². The molecule has 0 aromatic heterocycles. The maximum absolute atomic E-state index is 14.6. The van der Waals surface area contributed by atoms with Crippen molar-refractivity contribution >= 4 is 35.3 Å². The van der Waals surface area contributed by atoms with E-state index in [1.165, 1.54) is 0 Å². The Morgan fingerprint density at radius 1 is 0.837 bits per heavy atom. The highest BCUT2D eigenvalue weighted by Gasteiger charge is 2.52. The van der Waals surface area contributed by atoms with E-state index in [0.717, 1.165) is 64.2 Å². The molecule has 5 aliphatic rings. The second-order valence-electron chi connectivity index (χ2n) is 15.6. The van der Waals surface area contributed by atoms with Crippen molar-refractivity contribution in [3.05, 3.63) is 0 Å². The molecule has 0 spiro atoms. The molecule has 5 amide bonds. The number of carbonyl (C=O) groups excluding carboxylic acids is 6. The van der Waals surface area contributed by atoms with E-state index in [1.807, 2.05) is 27.7 Å². The van der Waals surface area contributed by atoms with Gasteiger partial charge >= 0.3 is 0 Å². The van der Waals surface area contributed by atoms with E-state index in [-0.39, 0.29) is 36.1 Å². The number of nitrogens with zero attached hydrogens (tertiary/aromatic N) is 5. The van der Waals surface area contributed by atoms with Crippen molar-refractivity contribution in [3.63, 3.8) is 0 Å². The van der Waals surface area contributed by atoms with Gasteiger partial charge in [0, 0.05) is 12.6 Å². The van der Waals surface area contributed by atoms with Gasteiger partial charge in [0.1, 0.15) is 18.1 Å². The van der Waals surface area contributed by atoms with Crippen molar-refractivity contribution in [2.24, 2.45) is 43.8 Å². The highest BCUT2D eigenvalue weighted by atomic mass is 16.2. The monoisotopic (exact) mass is 683 g/mol. The maximum Gasteiger partial charge on any atom is 0.289 e. The summed E-state index contributed by atoms with van der Waals surface area (Å²) in [5.74, 6) is -3.09. The Kier molecular flexibility index (Phi) is 11.8. The zero-order valence-electron chi connectivity index (χ0n) is 29.3. The summed E-state index contributed by atoms with van der Waals surface area (Å²) < 4.78 is 0. The third-order valence-electron chi connectivity index (χ3n) is 10.7. The molecule has 15 nitrogen and oxygen atoms in total. The number of Topliss-reactive ketones (excluding diaryl/α,β-unsaturated/α-hetero) is 1. The summed E-state index contributed by atoms with van der Waals surface area (Å²) in [6, 6.07) is -3.66. The summed E-state index contributed by atoms with van der Waals surface area (Å²) in [6.45, 7) is 7.84. The molecule has 4 fully saturated rings. The largest absolute Gasteiger partial charge is 0.347 e. The summed E-state index contributed by atoms with van der Waals surface area (Å²) in [6.07, 6.45) is 8.79. The molecule has 5 rings (SSSR count). The number of rotatable bonds is 14. The molecule has 270 valence electrons. The lowest BCUT2D eigenvalue weighted by atomic mass is 9.82. The van der Waals surface area contributed by atoms with Gasteiger partial charge in [-0.05, 0) is 78.6 Å². The molecule has 3 saturated carbocycles. The Morgan fingerprint density at radius 2 is 1.53 bits per heavy atom. The average Bonchev–Trinajstić information content (AvgIpc) is 3.38. The van der Waals surface area contributed by atoms with Crippen LogP contribution in [0.5, 0.6) is 0 Å². The Bertz CT molecular complexity index is 1320. The van der Waals surface area contributed by atoms with Gasteiger partial charge in [-0.1, -0.05) is 59.8 Å². The van der Waals surface area contributed by atoms with Crippen molar-refractivity contribution < 1.29 is 28.8 Å². The van der Waals surface area contributed by atoms with Crippen molar-refractivity contribution in [2.45, 2.75) is 148 Å². The average molecular weight is 684 g/mol. The van der Waals surface area contributed by atoms with E-state index in [4.69, 9.17) is 0 Å². The zero-order chi connectivity index (χ0) is 35.3. The Labute approximate surface area is 288 Å². The number of carbonyl (C=O) groups is 6. The number of nitrogens with one attached hydrogen (secondary N) is 4. The minimum atomic E-state index is -0.994. The van der Waals surface area contributed by atoms with Gasteiger partial charge in [0.2, 0.25) is 29.4 Å². The van der Waals surface area contributed by atoms with Crippen molar-refractivity contribution in [1.29, 1.82) is 0 Å². The zero-order valence-corrected chi connectivity index (χ0v) is 29.3. The molecular formula is C34H53N9O6. The number of hydrogen-bond acceptors (Lipinski definition) is 10. The molecule has 15 heteroatoms. The molecule has 0 aromatic rings. The third-order valence-corrected chi connectivity index (χ3v) is 10.7. The summed E-state index contributed by atoms with van der Waals surface area (Å²) in [5, 5.41) is 26.0. The van der Waals surface area contributed by atoms with Crippen LogP contribution in [0.25, 0.3) is 0 Å². The van der Waals surface area contributed by atoms with Gasteiger partial charge in [0.25, 0.3) is 5.91 Å². The number of amides is 5. The maximum atomic E-state index is 14.6. The quantitative estimate of drug-likeness (QED) is 0.203. The lowest BCUT2D eigenvalue weighted by Gasteiger charge is -2.38. The highest BCUT2D eigenvalue weighted by molar-refractivity contribution is 6.38. The topological polar surface area (TPSA) is 203 Å². The van der Waals surface area contributed by atoms with Crippen molar-refractivity contribution in [2.75, 3.05) is 6.54 Å². The van der Waals surface area contributed by atoms with Gasteiger partial charge in [-0.3, -0.25) is 28.8 Å². The minimum absolute atomic E-state index is 0.0115. The SMILES string of the molecule is CCCC(NC(=O)[C@@H]1[C@H]2CCC[C@H]2CN1C(=O)[C@@H](NC(=O)[C@@H](NC(=O)CC1N=NN=N1)C1CCCCC1)C(C)(C)C)C(=O)C(=O)NC1CC1. The first-order valence-corrected chi connectivity index (χ1v) is 18.2. The lowest BCUT2D eigenvalue weighted by molar-refractivity contribution is -0.146. The highest BCUT2D eigenvalue weighted by Crippen LogP contribution is 2.43. The normalized spacial score (nSPS) is 25.7. The van der Waals surface area contributed by atoms with Crippen LogP contribution in [0.1, 0.15) is 111 Å². The van der Waals surface area contributed by atoms with Crippen LogP contribution in [-0.2, 0) is 28.8 Å². The molecule has 49 heavy (non-hydrogen) atoms. The number of fused-ring (bicyclic) bond motifs is 1.